The molecule has 1 aromatic rings. The summed E-state index contributed by atoms with van der Waals surface area (Å²) in [7, 11) is 0. The van der Waals surface area contributed by atoms with Crippen molar-refractivity contribution in [2.45, 2.75) is 39.7 Å². The number of nitrogens with two attached hydrogens (primary N) is 1. The Morgan fingerprint density at radius 1 is 1.39 bits per heavy atom. The molecule has 1 atom stereocenters. The van der Waals surface area contributed by atoms with Crippen LogP contribution in [0.3, 0.4) is 0 Å². The molecule has 0 saturated carbocycles. The Kier molecular flexibility index (Phi) is 4.59. The van der Waals surface area contributed by atoms with Gasteiger partial charge in [-0.15, -0.1) is 0 Å². The summed E-state index contributed by atoms with van der Waals surface area (Å²) in [5.74, 6) is 1.70. The van der Waals surface area contributed by atoms with E-state index in [0.717, 1.165) is 29.8 Å². The third kappa shape index (κ3) is 3.45. The predicted molar refractivity (Wildman–Crippen MR) is 76.1 cm³/mol. The highest BCUT2D eigenvalue weighted by molar-refractivity contribution is 5.41. The smallest absolute Gasteiger partial charge is 0.0772 e. The first-order chi connectivity index (χ1) is 8.66. The lowest BCUT2D eigenvalue weighted by Crippen LogP contribution is -2.25. The number of likely N-dealkylation sites (tertiary alicyclic amines) is 1. The molecule has 1 aliphatic heterocycles. The molecule has 0 aromatic carbocycles. The van der Waals surface area contributed by atoms with E-state index in [0.29, 0.717) is 0 Å². The first-order valence-electron chi connectivity index (χ1n) is 7.08. The molecule has 1 unspecified atom stereocenters. The van der Waals surface area contributed by atoms with E-state index in [2.05, 4.69) is 23.7 Å². The molecular weight excluding hydrogens is 222 g/mol. The van der Waals surface area contributed by atoms with Crippen LogP contribution >= 0.6 is 0 Å². The van der Waals surface area contributed by atoms with Crippen molar-refractivity contribution in [3.05, 3.63) is 24.0 Å². The molecule has 0 amide bonds. The van der Waals surface area contributed by atoms with Gasteiger partial charge in [0.1, 0.15) is 0 Å². The number of hydrogen-bond acceptors (Lipinski definition) is 3. The molecule has 0 bridgehead atoms. The monoisotopic (exact) mass is 247 g/mol. The van der Waals surface area contributed by atoms with Crippen molar-refractivity contribution in [2.24, 2.45) is 11.8 Å². The number of hydrogen-bond donors (Lipinski definition) is 1. The summed E-state index contributed by atoms with van der Waals surface area (Å²) in [6.45, 7) is 7.95. The third-order valence-corrected chi connectivity index (χ3v) is 4.11. The molecule has 0 radical (unpaired) electrons. The second-order valence-electron chi connectivity index (χ2n) is 5.75. The number of anilines is 1. The van der Waals surface area contributed by atoms with Crippen LogP contribution < -0.4 is 5.73 Å². The van der Waals surface area contributed by atoms with E-state index in [9.17, 15) is 0 Å². The van der Waals surface area contributed by atoms with Crippen molar-refractivity contribution in [3.8, 4) is 0 Å². The van der Waals surface area contributed by atoms with E-state index in [1.807, 2.05) is 18.3 Å². The van der Waals surface area contributed by atoms with Gasteiger partial charge in [0.25, 0.3) is 0 Å². The average molecular weight is 247 g/mol. The van der Waals surface area contributed by atoms with Crippen LogP contribution in [-0.4, -0.2) is 23.0 Å². The van der Waals surface area contributed by atoms with Gasteiger partial charge in [-0.3, -0.25) is 9.88 Å². The molecular formula is C15H25N3. The van der Waals surface area contributed by atoms with Gasteiger partial charge in [0.15, 0.2) is 0 Å². The van der Waals surface area contributed by atoms with Crippen molar-refractivity contribution in [3.63, 3.8) is 0 Å². The Labute approximate surface area is 110 Å². The summed E-state index contributed by atoms with van der Waals surface area (Å²) in [6.07, 6.45) is 5.81. The van der Waals surface area contributed by atoms with E-state index in [1.165, 1.54) is 32.4 Å². The minimum absolute atomic E-state index is 0.810. The van der Waals surface area contributed by atoms with Crippen LogP contribution in [0.2, 0.25) is 0 Å². The van der Waals surface area contributed by atoms with Gasteiger partial charge >= 0.3 is 0 Å². The Bertz CT molecular complexity index is 376. The van der Waals surface area contributed by atoms with Crippen molar-refractivity contribution in [2.75, 3.05) is 18.8 Å². The van der Waals surface area contributed by atoms with Crippen LogP contribution in [0.5, 0.6) is 0 Å². The second kappa shape index (κ2) is 6.19. The molecule has 1 fully saturated rings. The van der Waals surface area contributed by atoms with Gasteiger partial charge in [-0.25, -0.2) is 0 Å². The largest absolute Gasteiger partial charge is 0.397 e. The van der Waals surface area contributed by atoms with Crippen LogP contribution in [0.1, 0.15) is 38.8 Å². The Hall–Kier alpha value is -1.09. The highest BCUT2D eigenvalue weighted by Gasteiger charge is 2.19. The summed E-state index contributed by atoms with van der Waals surface area (Å²) < 4.78 is 0. The third-order valence-electron chi connectivity index (χ3n) is 4.11. The molecule has 3 heteroatoms. The molecule has 1 saturated heterocycles. The van der Waals surface area contributed by atoms with Crippen LogP contribution in [0.25, 0.3) is 0 Å². The van der Waals surface area contributed by atoms with E-state index in [-0.39, 0.29) is 0 Å². The quantitative estimate of drug-likeness (QED) is 0.893. The molecule has 3 nitrogen and oxygen atoms in total. The Balaban J connectivity index is 1.93. The minimum Gasteiger partial charge on any atom is -0.397 e. The maximum absolute atomic E-state index is 5.96. The molecule has 18 heavy (non-hydrogen) atoms. The molecule has 100 valence electrons. The first kappa shape index (κ1) is 13.3. The summed E-state index contributed by atoms with van der Waals surface area (Å²) in [4.78, 5) is 6.89. The van der Waals surface area contributed by atoms with Gasteiger partial charge in [-0.1, -0.05) is 13.8 Å². The highest BCUT2D eigenvalue weighted by atomic mass is 15.1. The van der Waals surface area contributed by atoms with Gasteiger partial charge in [0.2, 0.25) is 0 Å². The summed E-state index contributed by atoms with van der Waals surface area (Å²) in [6, 6.07) is 3.84. The van der Waals surface area contributed by atoms with Gasteiger partial charge in [0.05, 0.1) is 11.4 Å². The van der Waals surface area contributed by atoms with Crippen molar-refractivity contribution < 1.29 is 0 Å². The maximum Gasteiger partial charge on any atom is 0.0772 e. The van der Waals surface area contributed by atoms with Crippen molar-refractivity contribution >= 4 is 5.69 Å². The SMILES string of the molecule is CC(C)C1CCCN(Cc2ncccc2N)CC1. The fourth-order valence-electron chi connectivity index (χ4n) is 2.80. The molecule has 1 aliphatic rings. The molecule has 2 N–H and O–H groups in total. The average Bonchev–Trinajstić information content (AvgIpc) is 2.58. The number of pyridine rings is 1. The highest BCUT2D eigenvalue weighted by Crippen LogP contribution is 2.25. The van der Waals surface area contributed by atoms with E-state index >= 15 is 0 Å². The van der Waals surface area contributed by atoms with Gasteiger partial charge in [-0.2, -0.15) is 0 Å². The van der Waals surface area contributed by atoms with Gasteiger partial charge in [-0.05, 0) is 56.3 Å². The summed E-state index contributed by atoms with van der Waals surface area (Å²) >= 11 is 0. The lowest BCUT2D eigenvalue weighted by atomic mass is 9.89. The minimum atomic E-state index is 0.810. The van der Waals surface area contributed by atoms with E-state index in [1.54, 1.807) is 0 Å². The van der Waals surface area contributed by atoms with Crippen LogP contribution in [0.4, 0.5) is 5.69 Å². The lowest BCUT2D eigenvalue weighted by molar-refractivity contribution is 0.262. The molecule has 0 spiro atoms. The topological polar surface area (TPSA) is 42.2 Å². The Morgan fingerprint density at radius 3 is 2.94 bits per heavy atom. The lowest BCUT2D eigenvalue weighted by Gasteiger charge is -2.21. The summed E-state index contributed by atoms with van der Waals surface area (Å²) in [5, 5.41) is 0. The fourth-order valence-corrected chi connectivity index (χ4v) is 2.80. The predicted octanol–water partition coefficient (Wildman–Crippen LogP) is 2.92. The zero-order chi connectivity index (χ0) is 13.0. The maximum atomic E-state index is 5.96. The van der Waals surface area contributed by atoms with E-state index in [4.69, 9.17) is 5.73 Å². The van der Waals surface area contributed by atoms with Gasteiger partial charge < -0.3 is 5.73 Å². The fraction of sp³-hybridized carbons (Fsp3) is 0.667. The second-order valence-corrected chi connectivity index (χ2v) is 5.75. The van der Waals surface area contributed by atoms with Crippen molar-refractivity contribution in [1.82, 2.24) is 9.88 Å². The molecule has 0 aliphatic carbocycles. The summed E-state index contributed by atoms with van der Waals surface area (Å²) in [5.41, 5.74) is 7.81. The van der Waals surface area contributed by atoms with Crippen LogP contribution in [-0.2, 0) is 6.54 Å². The van der Waals surface area contributed by atoms with Crippen molar-refractivity contribution in [1.29, 1.82) is 0 Å². The van der Waals surface area contributed by atoms with Crippen LogP contribution in [0.15, 0.2) is 18.3 Å². The zero-order valence-electron chi connectivity index (χ0n) is 11.6. The molecule has 2 rings (SSSR count). The molecule has 1 aromatic heterocycles. The normalized spacial score (nSPS) is 22.1. The first-order valence-corrected chi connectivity index (χ1v) is 7.08. The number of rotatable bonds is 3. The van der Waals surface area contributed by atoms with Gasteiger partial charge in [0, 0.05) is 12.7 Å². The molecule has 2 heterocycles. The zero-order valence-corrected chi connectivity index (χ0v) is 11.6. The number of nitrogen functional groups attached to an aromatic ring is 1. The van der Waals surface area contributed by atoms with Crippen LogP contribution in [0, 0.1) is 11.8 Å². The Morgan fingerprint density at radius 2 is 2.22 bits per heavy atom. The number of aromatic nitrogens is 1. The standard InChI is InChI=1S/C15H25N3/c1-12(2)13-5-4-9-18(10-7-13)11-15-14(16)6-3-8-17-15/h3,6,8,12-13H,4-5,7,9-11,16H2,1-2H3. The number of nitrogens with zero attached hydrogens (tertiary/aromatic N) is 2. The van der Waals surface area contributed by atoms with E-state index < -0.39 is 0 Å².